The Morgan fingerprint density at radius 1 is 1.44 bits per heavy atom. The number of aromatic hydroxyl groups is 1. The van der Waals surface area contributed by atoms with Crippen LogP contribution < -0.4 is 14.9 Å². The number of carboxylic acids is 2. The number of carboxylic acid groups (broad SMARTS) is 2. The number of carbonyl (C=O) groups excluding carboxylic acids is 3. The highest BCUT2D eigenvalue weighted by atomic mass is 32.2. The molecule has 0 radical (unpaired) electrons. The van der Waals surface area contributed by atoms with Gasteiger partial charge in [0.2, 0.25) is 0 Å². The van der Waals surface area contributed by atoms with E-state index in [1.807, 2.05) is 0 Å². The van der Waals surface area contributed by atoms with Crippen LogP contribution in [0.3, 0.4) is 0 Å². The standard InChI is InChI=1S/C15H13NO7S2/c1-23-10-4-7(2-3-9(10)17)5-11-13(20)16(15(24)25-11)8(14(21)22)6-12(18)19/h2-5,8,17H,6H2,1H3,(H,18,19)(H,21,22)/p-2/b11-5+/t8-/m1/s1. The molecule has 1 amide bonds. The van der Waals surface area contributed by atoms with Crippen LogP contribution in [0.4, 0.5) is 0 Å². The van der Waals surface area contributed by atoms with Crippen molar-refractivity contribution in [2.75, 3.05) is 7.11 Å². The van der Waals surface area contributed by atoms with Crippen molar-refractivity contribution < 1.29 is 34.4 Å². The second kappa shape index (κ2) is 7.53. The predicted molar refractivity (Wildman–Crippen MR) is 88.1 cm³/mol. The second-order valence-electron chi connectivity index (χ2n) is 4.89. The van der Waals surface area contributed by atoms with Crippen molar-refractivity contribution in [2.24, 2.45) is 0 Å². The highest BCUT2D eigenvalue weighted by molar-refractivity contribution is 8.26. The third-order valence-corrected chi connectivity index (χ3v) is 4.60. The summed E-state index contributed by atoms with van der Waals surface area (Å²) < 4.78 is 4.87. The lowest BCUT2D eigenvalue weighted by Gasteiger charge is -2.27. The van der Waals surface area contributed by atoms with Crippen molar-refractivity contribution >= 4 is 52.2 Å². The summed E-state index contributed by atoms with van der Waals surface area (Å²) in [5.41, 5.74) is 0.500. The molecule has 0 spiro atoms. The Kier molecular flexibility index (Phi) is 5.65. The molecule has 0 bridgehead atoms. The normalized spacial score (nSPS) is 17.0. The van der Waals surface area contributed by atoms with E-state index in [1.54, 1.807) is 0 Å². The molecule has 1 aromatic rings. The highest BCUT2D eigenvalue weighted by Gasteiger charge is 2.37. The molecule has 1 saturated heterocycles. The summed E-state index contributed by atoms with van der Waals surface area (Å²) in [5, 5.41) is 31.5. The van der Waals surface area contributed by atoms with Crippen LogP contribution in [-0.2, 0) is 14.4 Å². The van der Waals surface area contributed by atoms with E-state index in [4.69, 9.17) is 17.0 Å². The number of hydrogen-bond donors (Lipinski definition) is 1. The molecular weight excluding hydrogens is 370 g/mol. The van der Waals surface area contributed by atoms with E-state index in [-0.39, 0.29) is 20.7 Å². The largest absolute Gasteiger partial charge is 0.550 e. The number of nitrogens with zero attached hydrogens (tertiary/aromatic N) is 1. The molecule has 132 valence electrons. The monoisotopic (exact) mass is 381 g/mol. The first-order valence-electron chi connectivity index (χ1n) is 6.79. The first-order chi connectivity index (χ1) is 11.7. The Morgan fingerprint density at radius 2 is 2.12 bits per heavy atom. The number of rotatable bonds is 6. The molecule has 1 fully saturated rings. The first kappa shape index (κ1) is 18.7. The van der Waals surface area contributed by atoms with Crippen LogP contribution in [0.25, 0.3) is 6.08 Å². The molecule has 0 saturated carbocycles. The minimum atomic E-state index is -1.75. The zero-order valence-electron chi connectivity index (χ0n) is 12.8. The minimum Gasteiger partial charge on any atom is -0.550 e. The third-order valence-electron chi connectivity index (χ3n) is 3.27. The number of aliphatic carboxylic acids is 2. The Hall–Kier alpha value is -2.59. The fraction of sp³-hybridized carbons (Fsp3) is 0.200. The maximum absolute atomic E-state index is 12.4. The van der Waals surface area contributed by atoms with E-state index in [1.165, 1.54) is 31.4 Å². The zero-order chi connectivity index (χ0) is 18.7. The van der Waals surface area contributed by atoms with Gasteiger partial charge < -0.3 is 29.6 Å². The summed E-state index contributed by atoms with van der Waals surface area (Å²) in [7, 11) is 1.36. The number of phenols is 1. The number of methoxy groups -OCH3 is 1. The van der Waals surface area contributed by atoms with E-state index >= 15 is 0 Å². The molecule has 8 nitrogen and oxygen atoms in total. The van der Waals surface area contributed by atoms with Crippen molar-refractivity contribution in [2.45, 2.75) is 12.5 Å². The van der Waals surface area contributed by atoms with Gasteiger partial charge in [0, 0.05) is 12.4 Å². The van der Waals surface area contributed by atoms with Crippen LogP contribution in [0.5, 0.6) is 11.5 Å². The van der Waals surface area contributed by atoms with Crippen LogP contribution in [0.1, 0.15) is 12.0 Å². The van der Waals surface area contributed by atoms with Crippen molar-refractivity contribution in [3.8, 4) is 11.5 Å². The Balaban J connectivity index is 2.34. The molecule has 1 N–H and O–H groups in total. The van der Waals surface area contributed by atoms with Gasteiger partial charge in [0.1, 0.15) is 4.32 Å². The smallest absolute Gasteiger partial charge is 0.266 e. The van der Waals surface area contributed by atoms with Gasteiger partial charge in [0.15, 0.2) is 11.5 Å². The van der Waals surface area contributed by atoms with Crippen LogP contribution in [0.2, 0.25) is 0 Å². The lowest BCUT2D eigenvalue weighted by molar-refractivity contribution is -0.319. The number of ether oxygens (including phenoxy) is 1. The molecule has 25 heavy (non-hydrogen) atoms. The molecule has 2 rings (SSSR count). The van der Waals surface area contributed by atoms with Gasteiger partial charge in [-0.3, -0.25) is 9.69 Å². The van der Waals surface area contributed by atoms with Crippen molar-refractivity contribution in [1.29, 1.82) is 0 Å². The molecule has 0 unspecified atom stereocenters. The Morgan fingerprint density at radius 3 is 2.68 bits per heavy atom. The fourth-order valence-electron chi connectivity index (χ4n) is 2.12. The minimum absolute atomic E-state index is 0.0850. The van der Waals surface area contributed by atoms with Crippen LogP contribution in [-0.4, -0.2) is 45.3 Å². The number of benzene rings is 1. The molecule has 1 aliphatic heterocycles. The number of carbonyl (C=O) groups is 3. The molecule has 1 aliphatic rings. The maximum Gasteiger partial charge on any atom is 0.266 e. The number of phenolic OH excluding ortho intramolecular Hbond substituents is 1. The lowest BCUT2D eigenvalue weighted by Crippen LogP contribution is -2.52. The van der Waals surface area contributed by atoms with Crippen molar-refractivity contribution in [3.63, 3.8) is 0 Å². The quantitative estimate of drug-likeness (QED) is 0.480. The van der Waals surface area contributed by atoms with E-state index in [0.29, 0.717) is 10.5 Å². The Bertz CT molecular complexity index is 790. The molecule has 1 heterocycles. The Labute approximate surface area is 151 Å². The van der Waals surface area contributed by atoms with Gasteiger partial charge in [0.05, 0.1) is 24.0 Å². The summed E-state index contributed by atoms with van der Waals surface area (Å²) in [6.45, 7) is 0. The van der Waals surface area contributed by atoms with Gasteiger partial charge in [-0.25, -0.2) is 0 Å². The summed E-state index contributed by atoms with van der Waals surface area (Å²) in [6.07, 6.45) is 0.488. The van der Waals surface area contributed by atoms with E-state index in [9.17, 15) is 29.7 Å². The second-order valence-corrected chi connectivity index (χ2v) is 6.57. The number of thioether (sulfide) groups is 1. The lowest BCUT2D eigenvalue weighted by atomic mass is 10.1. The predicted octanol–water partition coefficient (Wildman–Crippen LogP) is -1.14. The highest BCUT2D eigenvalue weighted by Crippen LogP contribution is 2.35. The summed E-state index contributed by atoms with van der Waals surface area (Å²) >= 11 is 5.81. The molecule has 0 aromatic heterocycles. The van der Waals surface area contributed by atoms with Gasteiger partial charge >= 0.3 is 0 Å². The van der Waals surface area contributed by atoms with Crippen LogP contribution in [0.15, 0.2) is 23.1 Å². The first-order valence-corrected chi connectivity index (χ1v) is 8.01. The third kappa shape index (κ3) is 4.09. The topological polar surface area (TPSA) is 130 Å². The van der Waals surface area contributed by atoms with Crippen LogP contribution >= 0.6 is 24.0 Å². The van der Waals surface area contributed by atoms with Gasteiger partial charge in [-0.2, -0.15) is 0 Å². The zero-order valence-corrected chi connectivity index (χ0v) is 14.4. The SMILES string of the molecule is COc1cc(/C=C2/SC(=S)N([C@H](CC(=O)[O-])C(=O)[O-])C2=O)ccc1O. The molecular formula is C15H11NO7S2-2. The fourth-order valence-corrected chi connectivity index (χ4v) is 3.48. The summed E-state index contributed by atoms with van der Waals surface area (Å²) in [4.78, 5) is 35.1. The van der Waals surface area contributed by atoms with Gasteiger partial charge in [-0.05, 0) is 23.8 Å². The number of amides is 1. The van der Waals surface area contributed by atoms with Crippen molar-refractivity contribution in [3.05, 3.63) is 28.7 Å². The van der Waals surface area contributed by atoms with Crippen LogP contribution in [0, 0.1) is 0 Å². The van der Waals surface area contributed by atoms with Gasteiger partial charge in [-0.1, -0.05) is 30.0 Å². The average molecular weight is 381 g/mol. The van der Waals surface area contributed by atoms with Gasteiger partial charge in [0.25, 0.3) is 5.91 Å². The maximum atomic E-state index is 12.4. The van der Waals surface area contributed by atoms with E-state index in [0.717, 1.165) is 11.8 Å². The summed E-state index contributed by atoms with van der Waals surface area (Å²) in [6, 6.07) is 2.60. The van der Waals surface area contributed by atoms with E-state index < -0.39 is 30.3 Å². The van der Waals surface area contributed by atoms with Gasteiger partial charge in [-0.15, -0.1) is 0 Å². The van der Waals surface area contributed by atoms with E-state index in [2.05, 4.69) is 0 Å². The molecule has 1 aromatic carbocycles. The van der Waals surface area contributed by atoms with Crippen molar-refractivity contribution in [1.82, 2.24) is 4.90 Å². The average Bonchev–Trinajstić information content (AvgIpc) is 2.80. The number of hydrogen-bond acceptors (Lipinski definition) is 9. The molecule has 0 aliphatic carbocycles. The molecule has 10 heteroatoms. The summed E-state index contributed by atoms with van der Waals surface area (Å²) in [5.74, 6) is -4.03. The number of thiocarbonyl (C=S) groups is 1. The molecule has 1 atom stereocenters.